The Morgan fingerprint density at radius 3 is 2.89 bits per heavy atom. The van der Waals surface area contributed by atoms with Gasteiger partial charge in [-0.25, -0.2) is 0 Å². The smallest absolute Gasteiger partial charge is 0.0414 e. The molecule has 1 saturated heterocycles. The van der Waals surface area contributed by atoms with E-state index in [0.717, 1.165) is 11.0 Å². The highest BCUT2D eigenvalue weighted by atomic mass is 79.9. The molecule has 0 spiro atoms. The minimum absolute atomic E-state index is 0.588. The lowest BCUT2D eigenvalue weighted by atomic mass is 10.0. The summed E-state index contributed by atoms with van der Waals surface area (Å²) in [5.74, 6) is 0. The van der Waals surface area contributed by atoms with Crippen molar-refractivity contribution in [2.45, 2.75) is 25.4 Å². The second-order valence-electron chi connectivity index (χ2n) is 5.19. The molecule has 4 heteroatoms. The lowest BCUT2D eigenvalue weighted by Gasteiger charge is -2.37. The van der Waals surface area contributed by atoms with Crippen molar-refractivity contribution in [3.05, 3.63) is 28.2 Å². The second kappa shape index (κ2) is 6.04. The van der Waals surface area contributed by atoms with Crippen LogP contribution in [0.5, 0.6) is 0 Å². The van der Waals surface area contributed by atoms with E-state index in [4.69, 9.17) is 5.73 Å². The van der Waals surface area contributed by atoms with Crippen LogP contribution in [0.1, 0.15) is 18.4 Å². The maximum atomic E-state index is 5.74. The number of likely N-dealkylation sites (tertiary alicyclic amines) is 1. The topological polar surface area (TPSA) is 32.5 Å². The first-order chi connectivity index (χ1) is 8.60. The van der Waals surface area contributed by atoms with Gasteiger partial charge in [-0.3, -0.25) is 0 Å². The normalized spacial score (nSPS) is 21.0. The van der Waals surface area contributed by atoms with E-state index in [-0.39, 0.29) is 0 Å². The lowest BCUT2D eigenvalue weighted by Crippen LogP contribution is -2.45. The van der Waals surface area contributed by atoms with E-state index < -0.39 is 0 Å². The van der Waals surface area contributed by atoms with Crippen molar-refractivity contribution in [1.29, 1.82) is 0 Å². The summed E-state index contributed by atoms with van der Waals surface area (Å²) in [4.78, 5) is 4.80. The van der Waals surface area contributed by atoms with Crippen LogP contribution in [0.3, 0.4) is 0 Å². The number of anilines is 1. The van der Waals surface area contributed by atoms with Crippen LogP contribution in [0.2, 0.25) is 0 Å². The third-order valence-electron chi connectivity index (χ3n) is 3.73. The molecule has 1 atom stereocenters. The summed E-state index contributed by atoms with van der Waals surface area (Å²) in [7, 11) is 4.39. The molecule has 18 heavy (non-hydrogen) atoms. The number of hydrogen-bond acceptors (Lipinski definition) is 3. The van der Waals surface area contributed by atoms with E-state index in [9.17, 15) is 0 Å². The van der Waals surface area contributed by atoms with Crippen molar-refractivity contribution >= 4 is 21.6 Å². The largest absolute Gasteiger partial charge is 0.370 e. The molecule has 3 nitrogen and oxygen atoms in total. The maximum Gasteiger partial charge on any atom is 0.0414 e. The minimum Gasteiger partial charge on any atom is -0.370 e. The van der Waals surface area contributed by atoms with Gasteiger partial charge in [-0.15, -0.1) is 0 Å². The van der Waals surface area contributed by atoms with Gasteiger partial charge >= 0.3 is 0 Å². The lowest BCUT2D eigenvalue weighted by molar-refractivity contribution is 0.248. The molecule has 0 aliphatic carbocycles. The Morgan fingerprint density at radius 2 is 2.22 bits per heavy atom. The first kappa shape index (κ1) is 13.8. The summed E-state index contributed by atoms with van der Waals surface area (Å²) in [6.45, 7) is 2.95. The number of hydrogen-bond donors (Lipinski definition) is 1. The molecule has 1 aliphatic heterocycles. The number of piperidine rings is 1. The molecule has 0 aromatic heterocycles. The van der Waals surface area contributed by atoms with Crippen molar-refractivity contribution in [2.75, 3.05) is 32.1 Å². The Bertz CT molecular complexity index is 408. The molecule has 1 fully saturated rings. The van der Waals surface area contributed by atoms with Crippen LogP contribution in [0.15, 0.2) is 22.7 Å². The standard InChI is InChI=1S/C14H22BrN3/c1-17-5-3-4-13(10-17)18(2)14-7-11(9-16)6-12(15)8-14/h6-8,13H,3-5,9-10,16H2,1-2H3. The van der Waals surface area contributed by atoms with E-state index in [1.165, 1.54) is 30.6 Å². The summed E-state index contributed by atoms with van der Waals surface area (Å²) in [6.07, 6.45) is 2.55. The van der Waals surface area contributed by atoms with Crippen LogP contribution in [-0.2, 0) is 6.54 Å². The molecule has 1 aliphatic rings. The van der Waals surface area contributed by atoms with Gasteiger partial charge in [-0.2, -0.15) is 0 Å². The van der Waals surface area contributed by atoms with Gasteiger partial charge in [0, 0.05) is 36.3 Å². The second-order valence-corrected chi connectivity index (χ2v) is 6.11. The van der Waals surface area contributed by atoms with Crippen molar-refractivity contribution in [2.24, 2.45) is 5.73 Å². The highest BCUT2D eigenvalue weighted by molar-refractivity contribution is 9.10. The van der Waals surface area contributed by atoms with Gasteiger partial charge in [0.1, 0.15) is 0 Å². The van der Waals surface area contributed by atoms with Crippen LogP contribution in [0.25, 0.3) is 0 Å². The van der Waals surface area contributed by atoms with E-state index in [2.05, 4.69) is 58.0 Å². The number of benzene rings is 1. The number of rotatable bonds is 3. The monoisotopic (exact) mass is 311 g/mol. The van der Waals surface area contributed by atoms with Gasteiger partial charge in [0.05, 0.1) is 0 Å². The summed E-state index contributed by atoms with van der Waals surface area (Å²) in [5, 5.41) is 0. The van der Waals surface area contributed by atoms with E-state index in [1.807, 2.05) is 0 Å². The molecule has 1 heterocycles. The molecule has 1 aromatic carbocycles. The Kier molecular flexibility index (Phi) is 4.65. The molecule has 1 unspecified atom stereocenters. The third kappa shape index (κ3) is 3.25. The molecule has 2 rings (SSSR count). The molecular formula is C14H22BrN3. The molecule has 2 N–H and O–H groups in total. The van der Waals surface area contributed by atoms with Crippen LogP contribution >= 0.6 is 15.9 Å². The van der Waals surface area contributed by atoms with Gasteiger partial charge < -0.3 is 15.5 Å². The molecule has 0 radical (unpaired) electrons. The average Bonchev–Trinajstić information content (AvgIpc) is 2.37. The zero-order valence-corrected chi connectivity index (χ0v) is 12.8. The summed E-state index contributed by atoms with van der Waals surface area (Å²) < 4.78 is 1.11. The number of halogens is 1. The van der Waals surface area contributed by atoms with Gasteiger partial charge in [0.25, 0.3) is 0 Å². The van der Waals surface area contributed by atoms with Crippen molar-refractivity contribution in [1.82, 2.24) is 4.90 Å². The Labute approximate surface area is 118 Å². The Hall–Kier alpha value is -0.580. The predicted octanol–water partition coefficient (Wildman–Crippen LogP) is 2.44. The predicted molar refractivity (Wildman–Crippen MR) is 81.0 cm³/mol. The fourth-order valence-electron chi connectivity index (χ4n) is 2.62. The Balaban J connectivity index is 2.16. The first-order valence-electron chi connectivity index (χ1n) is 6.51. The van der Waals surface area contributed by atoms with Crippen molar-refractivity contribution < 1.29 is 0 Å². The van der Waals surface area contributed by atoms with Crippen molar-refractivity contribution in [3.8, 4) is 0 Å². The van der Waals surface area contributed by atoms with Gasteiger partial charge in [0.15, 0.2) is 0 Å². The minimum atomic E-state index is 0.588. The average molecular weight is 312 g/mol. The van der Waals surface area contributed by atoms with Gasteiger partial charge in [-0.05, 0) is 50.2 Å². The van der Waals surface area contributed by atoms with Crippen LogP contribution in [0.4, 0.5) is 5.69 Å². The number of likely N-dealkylation sites (N-methyl/N-ethyl adjacent to an activating group) is 2. The highest BCUT2D eigenvalue weighted by Crippen LogP contribution is 2.25. The zero-order chi connectivity index (χ0) is 13.1. The Morgan fingerprint density at radius 1 is 1.44 bits per heavy atom. The fraction of sp³-hybridized carbons (Fsp3) is 0.571. The fourth-order valence-corrected chi connectivity index (χ4v) is 3.15. The molecule has 0 saturated carbocycles. The summed E-state index contributed by atoms with van der Waals surface area (Å²) in [6, 6.07) is 7.06. The molecular weight excluding hydrogens is 290 g/mol. The SMILES string of the molecule is CN1CCCC(N(C)c2cc(Br)cc(CN)c2)C1. The molecule has 0 amide bonds. The molecule has 1 aromatic rings. The molecule has 100 valence electrons. The van der Waals surface area contributed by atoms with Gasteiger partial charge in [0.2, 0.25) is 0 Å². The summed E-state index contributed by atoms with van der Waals surface area (Å²) >= 11 is 3.57. The van der Waals surface area contributed by atoms with Crippen LogP contribution in [-0.4, -0.2) is 38.1 Å². The quantitative estimate of drug-likeness (QED) is 0.930. The van der Waals surface area contributed by atoms with Crippen LogP contribution in [0, 0.1) is 0 Å². The molecule has 0 bridgehead atoms. The third-order valence-corrected chi connectivity index (χ3v) is 4.19. The van der Waals surface area contributed by atoms with Crippen molar-refractivity contribution in [3.63, 3.8) is 0 Å². The van der Waals surface area contributed by atoms with E-state index in [0.29, 0.717) is 12.6 Å². The number of nitrogens with zero attached hydrogens (tertiary/aromatic N) is 2. The maximum absolute atomic E-state index is 5.74. The highest BCUT2D eigenvalue weighted by Gasteiger charge is 2.21. The van der Waals surface area contributed by atoms with Crippen LogP contribution < -0.4 is 10.6 Å². The van der Waals surface area contributed by atoms with E-state index >= 15 is 0 Å². The van der Waals surface area contributed by atoms with Gasteiger partial charge in [-0.1, -0.05) is 15.9 Å². The first-order valence-corrected chi connectivity index (χ1v) is 7.30. The zero-order valence-electron chi connectivity index (χ0n) is 11.2. The number of nitrogens with two attached hydrogens (primary N) is 1. The van der Waals surface area contributed by atoms with E-state index in [1.54, 1.807) is 0 Å². The summed E-state index contributed by atoms with van der Waals surface area (Å²) in [5.41, 5.74) is 8.17.